The van der Waals surface area contributed by atoms with Crippen LogP contribution in [0.1, 0.15) is 28.4 Å². The van der Waals surface area contributed by atoms with E-state index in [1.54, 1.807) is 24.3 Å². The maximum atomic E-state index is 13.9. The minimum Gasteiger partial charge on any atom is -0.348 e. The predicted molar refractivity (Wildman–Crippen MR) is 96.4 cm³/mol. The van der Waals surface area contributed by atoms with Gasteiger partial charge >= 0.3 is 0 Å². The van der Waals surface area contributed by atoms with Crippen molar-refractivity contribution >= 4 is 35.2 Å². The van der Waals surface area contributed by atoms with Crippen molar-refractivity contribution in [2.24, 2.45) is 0 Å². The third-order valence-corrected chi connectivity index (χ3v) is 5.25. The summed E-state index contributed by atoms with van der Waals surface area (Å²) in [5.41, 5.74) is 1.17. The highest BCUT2D eigenvalue weighted by Crippen LogP contribution is 2.37. The molecule has 1 aliphatic rings. The van der Waals surface area contributed by atoms with E-state index in [1.165, 1.54) is 23.9 Å². The van der Waals surface area contributed by atoms with Crippen LogP contribution in [0.4, 0.5) is 4.39 Å². The number of hydrogen-bond acceptors (Lipinski definition) is 3. The predicted octanol–water partition coefficient (Wildman–Crippen LogP) is 3.56. The lowest BCUT2D eigenvalue weighted by molar-refractivity contribution is -0.120. The van der Waals surface area contributed by atoms with Crippen LogP contribution in [-0.2, 0) is 4.79 Å². The van der Waals surface area contributed by atoms with E-state index in [2.05, 4.69) is 10.6 Å². The fraction of sp³-hybridized carbons (Fsp3) is 0.222. The fourth-order valence-electron chi connectivity index (χ4n) is 2.67. The molecule has 0 radical (unpaired) electrons. The van der Waals surface area contributed by atoms with Crippen LogP contribution in [0, 0.1) is 5.82 Å². The highest BCUT2D eigenvalue weighted by molar-refractivity contribution is 7.99. The van der Waals surface area contributed by atoms with Gasteiger partial charge in [-0.25, -0.2) is 4.39 Å². The Hall–Kier alpha value is -2.05. The highest BCUT2D eigenvalue weighted by atomic mass is 35.5. The summed E-state index contributed by atoms with van der Waals surface area (Å²) in [5.74, 6) is -0.227. The quantitative estimate of drug-likeness (QED) is 0.855. The standard InChI is InChI=1S/C18H16ClFN2O2S/c19-12-4-1-3-11(9-12)18(24)21-10-16(23)22-15-7-8-25-17-13(15)5-2-6-14(17)20/h1-6,9,15H,7-8,10H2,(H,21,24)(H,22,23). The van der Waals surface area contributed by atoms with Crippen LogP contribution in [-0.4, -0.2) is 24.1 Å². The molecule has 2 aromatic rings. The van der Waals surface area contributed by atoms with Gasteiger partial charge in [0.25, 0.3) is 5.91 Å². The first-order valence-corrected chi connectivity index (χ1v) is 9.15. The maximum absolute atomic E-state index is 13.9. The third-order valence-electron chi connectivity index (χ3n) is 3.86. The van der Waals surface area contributed by atoms with Crippen LogP contribution >= 0.6 is 23.4 Å². The van der Waals surface area contributed by atoms with Crippen molar-refractivity contribution in [2.75, 3.05) is 12.3 Å². The molecule has 0 bridgehead atoms. The average molecular weight is 379 g/mol. The Morgan fingerprint density at radius 2 is 2.04 bits per heavy atom. The average Bonchev–Trinajstić information content (AvgIpc) is 2.60. The molecular weight excluding hydrogens is 363 g/mol. The van der Waals surface area contributed by atoms with Crippen LogP contribution in [0.2, 0.25) is 5.02 Å². The zero-order valence-corrected chi connectivity index (χ0v) is 14.8. The number of carbonyl (C=O) groups excluding carboxylic acids is 2. The lowest BCUT2D eigenvalue weighted by Crippen LogP contribution is -2.39. The molecule has 1 heterocycles. The molecule has 1 unspecified atom stereocenters. The molecule has 0 saturated carbocycles. The largest absolute Gasteiger partial charge is 0.348 e. The van der Waals surface area contributed by atoms with Gasteiger partial charge < -0.3 is 10.6 Å². The zero-order chi connectivity index (χ0) is 17.8. The van der Waals surface area contributed by atoms with Crippen LogP contribution in [0.25, 0.3) is 0 Å². The molecule has 25 heavy (non-hydrogen) atoms. The molecule has 0 aromatic heterocycles. The van der Waals surface area contributed by atoms with E-state index in [4.69, 9.17) is 11.6 Å². The zero-order valence-electron chi connectivity index (χ0n) is 13.2. The first-order valence-electron chi connectivity index (χ1n) is 7.79. The summed E-state index contributed by atoms with van der Waals surface area (Å²) in [7, 11) is 0. The van der Waals surface area contributed by atoms with E-state index in [0.717, 1.165) is 17.7 Å². The molecule has 130 valence electrons. The van der Waals surface area contributed by atoms with Gasteiger partial charge in [-0.15, -0.1) is 11.8 Å². The second-order valence-electron chi connectivity index (χ2n) is 5.61. The van der Waals surface area contributed by atoms with Crippen molar-refractivity contribution in [1.82, 2.24) is 10.6 Å². The Labute approximate surface area is 154 Å². The minimum atomic E-state index is -0.372. The Morgan fingerprint density at radius 3 is 2.84 bits per heavy atom. The molecule has 0 aliphatic carbocycles. The molecule has 2 aromatic carbocycles. The molecule has 0 fully saturated rings. The number of benzene rings is 2. The Bertz CT molecular complexity index is 815. The lowest BCUT2D eigenvalue weighted by Gasteiger charge is -2.26. The molecule has 1 aliphatic heterocycles. The van der Waals surface area contributed by atoms with Crippen LogP contribution in [0.3, 0.4) is 0 Å². The van der Waals surface area contributed by atoms with Crippen LogP contribution < -0.4 is 10.6 Å². The normalized spacial score (nSPS) is 16.0. The summed E-state index contributed by atoms with van der Waals surface area (Å²) in [5, 5.41) is 5.88. The van der Waals surface area contributed by atoms with Crippen molar-refractivity contribution in [3.8, 4) is 0 Å². The number of nitrogens with one attached hydrogen (secondary N) is 2. The van der Waals surface area contributed by atoms with E-state index < -0.39 is 0 Å². The van der Waals surface area contributed by atoms with E-state index in [0.29, 0.717) is 15.5 Å². The van der Waals surface area contributed by atoms with Crippen molar-refractivity contribution in [3.63, 3.8) is 0 Å². The molecule has 2 amide bonds. The number of rotatable bonds is 4. The first-order chi connectivity index (χ1) is 12.0. The SMILES string of the molecule is O=C(CNC(=O)c1cccc(Cl)c1)NC1CCSc2c(F)cccc21. The van der Waals surface area contributed by atoms with Crippen molar-refractivity contribution in [3.05, 3.63) is 64.4 Å². The van der Waals surface area contributed by atoms with Gasteiger partial charge in [0.15, 0.2) is 0 Å². The maximum Gasteiger partial charge on any atom is 0.251 e. The number of amides is 2. The number of fused-ring (bicyclic) bond motifs is 1. The molecule has 7 heteroatoms. The van der Waals surface area contributed by atoms with E-state index in [9.17, 15) is 14.0 Å². The number of carbonyl (C=O) groups is 2. The fourth-order valence-corrected chi connectivity index (χ4v) is 4.01. The number of thioether (sulfide) groups is 1. The summed E-state index contributed by atoms with van der Waals surface area (Å²) in [6, 6.07) is 11.1. The van der Waals surface area contributed by atoms with Gasteiger partial charge in [-0.3, -0.25) is 9.59 Å². The van der Waals surface area contributed by atoms with Gasteiger partial charge in [0.1, 0.15) is 5.82 Å². The van der Waals surface area contributed by atoms with Gasteiger partial charge in [-0.2, -0.15) is 0 Å². The summed E-state index contributed by atoms with van der Waals surface area (Å²) >= 11 is 7.30. The van der Waals surface area contributed by atoms with Crippen LogP contribution in [0.5, 0.6) is 0 Å². The summed E-state index contributed by atoms with van der Waals surface area (Å²) in [6.45, 7) is -0.153. The van der Waals surface area contributed by atoms with Gasteiger partial charge in [0.05, 0.1) is 12.6 Å². The molecule has 3 rings (SSSR count). The van der Waals surface area contributed by atoms with Gasteiger partial charge in [-0.1, -0.05) is 29.8 Å². The number of hydrogen-bond donors (Lipinski definition) is 2. The van der Waals surface area contributed by atoms with Gasteiger partial charge in [-0.05, 0) is 36.2 Å². The van der Waals surface area contributed by atoms with Gasteiger partial charge in [0, 0.05) is 21.2 Å². The third kappa shape index (κ3) is 4.32. The molecule has 0 saturated heterocycles. The molecule has 0 spiro atoms. The Kier molecular flexibility index (Phi) is 5.60. The number of halogens is 2. The van der Waals surface area contributed by atoms with E-state index in [1.807, 2.05) is 6.07 Å². The minimum absolute atomic E-state index is 0.153. The lowest BCUT2D eigenvalue weighted by atomic mass is 10.0. The summed E-state index contributed by atoms with van der Waals surface area (Å²) < 4.78 is 13.9. The van der Waals surface area contributed by atoms with Crippen LogP contribution in [0.15, 0.2) is 47.4 Å². The Balaban J connectivity index is 1.59. The monoisotopic (exact) mass is 378 g/mol. The second-order valence-corrected chi connectivity index (χ2v) is 7.15. The van der Waals surface area contributed by atoms with Gasteiger partial charge in [0.2, 0.25) is 5.91 Å². The van der Waals surface area contributed by atoms with E-state index in [-0.39, 0.29) is 30.2 Å². The summed E-state index contributed by atoms with van der Waals surface area (Å²) in [4.78, 5) is 24.8. The van der Waals surface area contributed by atoms with Crippen molar-refractivity contribution in [2.45, 2.75) is 17.4 Å². The second kappa shape index (κ2) is 7.89. The Morgan fingerprint density at radius 1 is 1.24 bits per heavy atom. The molecular formula is C18H16ClFN2O2S. The van der Waals surface area contributed by atoms with E-state index >= 15 is 0 Å². The molecule has 1 atom stereocenters. The summed E-state index contributed by atoms with van der Waals surface area (Å²) in [6.07, 6.45) is 0.717. The highest BCUT2D eigenvalue weighted by Gasteiger charge is 2.24. The van der Waals surface area contributed by atoms with Crippen molar-refractivity contribution in [1.29, 1.82) is 0 Å². The first kappa shape index (κ1) is 17.8. The molecule has 2 N–H and O–H groups in total. The topological polar surface area (TPSA) is 58.2 Å². The van der Waals surface area contributed by atoms with Crippen molar-refractivity contribution < 1.29 is 14.0 Å². The molecule has 4 nitrogen and oxygen atoms in total. The smallest absolute Gasteiger partial charge is 0.251 e.